The summed E-state index contributed by atoms with van der Waals surface area (Å²) in [7, 11) is -2.81. The van der Waals surface area contributed by atoms with Crippen LogP contribution in [0.25, 0.3) is 0 Å². The summed E-state index contributed by atoms with van der Waals surface area (Å²) in [6, 6.07) is 5.40. The van der Waals surface area contributed by atoms with Crippen molar-refractivity contribution in [1.29, 1.82) is 5.26 Å². The Morgan fingerprint density at radius 2 is 2.35 bits per heavy atom. The number of nitrogens with one attached hydrogen (secondary N) is 1. The van der Waals surface area contributed by atoms with Gasteiger partial charge in [0.25, 0.3) is 0 Å². The molecule has 1 N–H and O–H groups in total. The molecule has 0 spiro atoms. The van der Waals surface area contributed by atoms with Gasteiger partial charge in [-0.15, -0.1) is 0 Å². The third-order valence-corrected chi connectivity index (χ3v) is 4.63. The number of nitriles is 1. The largest absolute Gasteiger partial charge is 0.370 e. The molecular weight excluding hydrogens is 238 g/mol. The first-order valence-electron chi connectivity index (χ1n) is 5.39. The van der Waals surface area contributed by atoms with Gasteiger partial charge in [-0.25, -0.2) is 13.4 Å². The van der Waals surface area contributed by atoms with Crippen LogP contribution < -0.4 is 5.32 Å². The standard InChI is InChI=1S/C11H13N3O2S/c12-5-9-1-2-11(13-6-9)14-7-10-3-4-17(15,16)8-10/h1-2,6,10H,3-4,7-8H2,(H,13,14). The van der Waals surface area contributed by atoms with Crippen LogP contribution in [-0.4, -0.2) is 31.5 Å². The Labute approximate surface area is 100 Å². The quantitative estimate of drug-likeness (QED) is 0.859. The second-order valence-electron chi connectivity index (χ2n) is 4.19. The highest BCUT2D eigenvalue weighted by Crippen LogP contribution is 2.18. The molecule has 1 aromatic rings. The summed E-state index contributed by atoms with van der Waals surface area (Å²) in [5.41, 5.74) is 0.513. The Hall–Kier alpha value is -1.61. The maximum absolute atomic E-state index is 11.3. The monoisotopic (exact) mass is 251 g/mol. The Morgan fingerprint density at radius 3 is 2.88 bits per heavy atom. The highest BCUT2D eigenvalue weighted by molar-refractivity contribution is 7.91. The smallest absolute Gasteiger partial charge is 0.150 e. The van der Waals surface area contributed by atoms with E-state index in [4.69, 9.17) is 5.26 Å². The number of nitrogens with zero attached hydrogens (tertiary/aromatic N) is 2. The van der Waals surface area contributed by atoms with Crippen molar-refractivity contribution < 1.29 is 8.42 Å². The molecule has 1 unspecified atom stereocenters. The summed E-state index contributed by atoms with van der Waals surface area (Å²) < 4.78 is 22.5. The zero-order valence-electron chi connectivity index (χ0n) is 9.26. The summed E-state index contributed by atoms with van der Waals surface area (Å²) in [6.07, 6.45) is 2.21. The molecule has 1 aliphatic rings. The lowest BCUT2D eigenvalue weighted by Crippen LogP contribution is -2.16. The predicted molar refractivity (Wildman–Crippen MR) is 64.2 cm³/mol. The fraction of sp³-hybridized carbons (Fsp3) is 0.455. The zero-order chi connectivity index (χ0) is 12.3. The van der Waals surface area contributed by atoms with Gasteiger partial charge in [0.05, 0.1) is 17.1 Å². The van der Waals surface area contributed by atoms with E-state index in [1.165, 1.54) is 6.20 Å². The molecule has 1 aromatic heterocycles. The lowest BCUT2D eigenvalue weighted by atomic mass is 10.1. The number of hydrogen-bond donors (Lipinski definition) is 1. The van der Waals surface area contributed by atoms with Gasteiger partial charge >= 0.3 is 0 Å². The summed E-state index contributed by atoms with van der Waals surface area (Å²) in [5.74, 6) is 1.39. The number of sulfone groups is 1. The van der Waals surface area contributed by atoms with Crippen LogP contribution in [0.3, 0.4) is 0 Å². The summed E-state index contributed by atoms with van der Waals surface area (Å²) in [5, 5.41) is 11.7. The molecule has 1 atom stereocenters. The van der Waals surface area contributed by atoms with E-state index in [1.54, 1.807) is 12.1 Å². The van der Waals surface area contributed by atoms with Crippen molar-refractivity contribution in [3.8, 4) is 6.07 Å². The molecule has 0 bridgehead atoms. The summed E-state index contributed by atoms with van der Waals surface area (Å²) >= 11 is 0. The Kier molecular flexibility index (Phi) is 3.29. The second kappa shape index (κ2) is 4.72. The van der Waals surface area contributed by atoms with Crippen molar-refractivity contribution in [1.82, 2.24) is 4.98 Å². The van der Waals surface area contributed by atoms with Crippen LogP contribution in [-0.2, 0) is 9.84 Å². The SMILES string of the molecule is N#Cc1ccc(NCC2CCS(=O)(=O)C2)nc1. The zero-order valence-corrected chi connectivity index (χ0v) is 10.1. The predicted octanol–water partition coefficient (Wildman–Crippen LogP) is 0.800. The highest BCUT2D eigenvalue weighted by Gasteiger charge is 2.27. The van der Waals surface area contributed by atoms with Crippen LogP contribution in [0.5, 0.6) is 0 Å². The Bertz CT molecular complexity index is 531. The van der Waals surface area contributed by atoms with Crippen LogP contribution in [0.4, 0.5) is 5.82 Å². The second-order valence-corrected chi connectivity index (χ2v) is 6.42. The van der Waals surface area contributed by atoms with E-state index in [-0.39, 0.29) is 11.7 Å². The molecule has 1 saturated heterocycles. The molecule has 1 aliphatic heterocycles. The molecule has 0 amide bonds. The minimum absolute atomic E-state index is 0.164. The molecule has 0 radical (unpaired) electrons. The Balaban J connectivity index is 1.88. The van der Waals surface area contributed by atoms with Crippen molar-refractivity contribution in [3.63, 3.8) is 0 Å². The molecule has 5 nitrogen and oxygen atoms in total. The van der Waals surface area contributed by atoms with Gasteiger partial charge in [-0.05, 0) is 24.5 Å². The molecule has 2 heterocycles. The minimum Gasteiger partial charge on any atom is -0.370 e. The summed E-state index contributed by atoms with van der Waals surface area (Å²) in [6.45, 7) is 0.609. The van der Waals surface area contributed by atoms with Crippen LogP contribution in [0, 0.1) is 17.2 Å². The molecule has 0 saturated carbocycles. The third-order valence-electron chi connectivity index (χ3n) is 2.79. The number of rotatable bonds is 3. The van der Waals surface area contributed by atoms with Gasteiger partial charge in [-0.2, -0.15) is 5.26 Å². The first-order valence-corrected chi connectivity index (χ1v) is 7.22. The van der Waals surface area contributed by atoms with E-state index < -0.39 is 9.84 Å². The topological polar surface area (TPSA) is 82.9 Å². The van der Waals surface area contributed by atoms with Gasteiger partial charge in [0.15, 0.2) is 9.84 Å². The maximum atomic E-state index is 11.3. The van der Waals surface area contributed by atoms with E-state index in [2.05, 4.69) is 10.3 Å². The van der Waals surface area contributed by atoms with E-state index >= 15 is 0 Å². The normalized spacial score (nSPS) is 21.9. The first kappa shape index (κ1) is 11.9. The van der Waals surface area contributed by atoms with Gasteiger partial charge in [0.1, 0.15) is 11.9 Å². The molecule has 1 fully saturated rings. The number of anilines is 1. The fourth-order valence-electron chi connectivity index (χ4n) is 1.85. The first-order chi connectivity index (χ1) is 8.09. The van der Waals surface area contributed by atoms with Crippen molar-refractivity contribution in [2.45, 2.75) is 6.42 Å². The molecule has 17 heavy (non-hydrogen) atoms. The number of aromatic nitrogens is 1. The van der Waals surface area contributed by atoms with Gasteiger partial charge < -0.3 is 5.32 Å². The van der Waals surface area contributed by atoms with E-state index in [0.29, 0.717) is 30.1 Å². The van der Waals surface area contributed by atoms with E-state index in [0.717, 1.165) is 0 Å². The van der Waals surface area contributed by atoms with Crippen molar-refractivity contribution in [2.24, 2.45) is 5.92 Å². The fourth-order valence-corrected chi connectivity index (χ4v) is 3.71. The molecule has 2 rings (SSSR count). The maximum Gasteiger partial charge on any atom is 0.150 e. The van der Waals surface area contributed by atoms with Crippen LogP contribution in [0.15, 0.2) is 18.3 Å². The third kappa shape index (κ3) is 3.17. The van der Waals surface area contributed by atoms with Gasteiger partial charge in [-0.1, -0.05) is 0 Å². The van der Waals surface area contributed by atoms with Gasteiger partial charge in [-0.3, -0.25) is 0 Å². The molecule has 0 aliphatic carbocycles. The lowest BCUT2D eigenvalue weighted by Gasteiger charge is -2.09. The van der Waals surface area contributed by atoms with Crippen LogP contribution in [0.1, 0.15) is 12.0 Å². The van der Waals surface area contributed by atoms with Gasteiger partial charge in [0, 0.05) is 12.7 Å². The summed E-state index contributed by atoms with van der Waals surface area (Å²) in [4.78, 5) is 4.06. The van der Waals surface area contributed by atoms with Crippen LogP contribution >= 0.6 is 0 Å². The number of pyridine rings is 1. The van der Waals surface area contributed by atoms with Crippen LogP contribution in [0.2, 0.25) is 0 Å². The molecule has 6 heteroatoms. The van der Waals surface area contributed by atoms with Gasteiger partial charge in [0.2, 0.25) is 0 Å². The highest BCUT2D eigenvalue weighted by atomic mass is 32.2. The number of hydrogen-bond acceptors (Lipinski definition) is 5. The van der Waals surface area contributed by atoms with E-state index in [1.807, 2.05) is 6.07 Å². The average Bonchev–Trinajstić information content (AvgIpc) is 2.67. The molecule has 90 valence electrons. The molecule has 0 aromatic carbocycles. The lowest BCUT2D eigenvalue weighted by molar-refractivity contribution is 0.595. The molecular formula is C11H13N3O2S. The average molecular weight is 251 g/mol. The van der Waals surface area contributed by atoms with Crippen molar-refractivity contribution in [3.05, 3.63) is 23.9 Å². The van der Waals surface area contributed by atoms with Crippen molar-refractivity contribution in [2.75, 3.05) is 23.4 Å². The Morgan fingerprint density at radius 1 is 1.53 bits per heavy atom. The minimum atomic E-state index is -2.81. The van der Waals surface area contributed by atoms with E-state index in [9.17, 15) is 8.42 Å². The van der Waals surface area contributed by atoms with Crippen molar-refractivity contribution >= 4 is 15.7 Å².